The number of methoxy groups -OCH3 is 2. The highest BCUT2D eigenvalue weighted by molar-refractivity contribution is 8.00. The van der Waals surface area contributed by atoms with Crippen molar-refractivity contribution < 1.29 is 23.9 Å². The number of carbonyl (C=O) groups excluding carboxylic acids is 3. The zero-order valence-corrected chi connectivity index (χ0v) is 29.8. The van der Waals surface area contributed by atoms with Crippen LogP contribution in [-0.2, 0) is 20.9 Å². The van der Waals surface area contributed by atoms with E-state index in [1.807, 2.05) is 91.9 Å². The van der Waals surface area contributed by atoms with Crippen LogP contribution in [0.1, 0.15) is 28.3 Å². The summed E-state index contributed by atoms with van der Waals surface area (Å²) in [6, 6.07) is 27.0. The molecule has 1 N–H and O–H groups in total. The fourth-order valence-electron chi connectivity index (χ4n) is 9.29. The summed E-state index contributed by atoms with van der Waals surface area (Å²) in [5.41, 5.74) is 3.31. The Morgan fingerprint density at radius 3 is 2.35 bits per heavy atom. The van der Waals surface area contributed by atoms with E-state index in [0.717, 1.165) is 38.2 Å². The first-order valence-electron chi connectivity index (χ1n) is 17.1. The maximum absolute atomic E-state index is 14.2. The number of imide groups is 1. The second kappa shape index (κ2) is 12.1. The van der Waals surface area contributed by atoms with Crippen LogP contribution >= 0.6 is 23.1 Å². The Morgan fingerprint density at radius 2 is 1.59 bits per heavy atom. The Balaban J connectivity index is 1.11. The SMILES string of the molecule is COc1ccc(C2c3sc(=O)n(CC(=O)Nc4cccc5ccccc45)c3SC3C4CC(C5C(=O)N(c6ccc(C)cc6)C(=O)C45)C23)cc1OC. The van der Waals surface area contributed by atoms with Gasteiger partial charge in [0.05, 0.1) is 36.8 Å². The van der Waals surface area contributed by atoms with Gasteiger partial charge < -0.3 is 14.8 Å². The van der Waals surface area contributed by atoms with Crippen molar-refractivity contribution in [3.63, 3.8) is 0 Å². The number of rotatable bonds is 7. The van der Waals surface area contributed by atoms with E-state index in [-0.39, 0.29) is 58.1 Å². The van der Waals surface area contributed by atoms with E-state index < -0.39 is 11.8 Å². The first kappa shape index (κ1) is 32.1. The molecule has 1 aromatic heterocycles. The molecular weight excluding hydrogens is 683 g/mol. The second-order valence-corrected chi connectivity index (χ2v) is 16.1. The molecule has 2 aliphatic heterocycles. The third-order valence-corrected chi connectivity index (χ3v) is 14.2. The van der Waals surface area contributed by atoms with Crippen molar-refractivity contribution in [3.8, 4) is 11.5 Å². The van der Waals surface area contributed by atoms with Gasteiger partial charge in [-0.3, -0.25) is 28.6 Å². The Kier molecular flexibility index (Phi) is 7.62. The number of anilines is 2. The van der Waals surface area contributed by atoms with Crippen LogP contribution in [0.15, 0.2) is 94.7 Å². The number of hydrogen-bond acceptors (Lipinski definition) is 8. The van der Waals surface area contributed by atoms with Gasteiger partial charge in [-0.05, 0) is 72.4 Å². The zero-order chi connectivity index (χ0) is 35.1. The average molecular weight is 718 g/mol. The molecule has 4 aliphatic rings. The van der Waals surface area contributed by atoms with E-state index in [1.54, 1.807) is 30.5 Å². The second-order valence-electron chi connectivity index (χ2n) is 13.9. The largest absolute Gasteiger partial charge is 0.493 e. The van der Waals surface area contributed by atoms with Crippen molar-refractivity contribution in [2.75, 3.05) is 24.4 Å². The summed E-state index contributed by atoms with van der Waals surface area (Å²) < 4.78 is 12.9. The molecule has 7 unspecified atom stereocenters. The molecule has 2 aliphatic carbocycles. The van der Waals surface area contributed by atoms with Crippen LogP contribution in [0.3, 0.4) is 0 Å². The highest BCUT2D eigenvalue weighted by Crippen LogP contribution is 2.69. The normalized spacial score (nSPS) is 25.9. The smallest absolute Gasteiger partial charge is 0.308 e. The van der Waals surface area contributed by atoms with Crippen molar-refractivity contribution in [1.29, 1.82) is 0 Å². The van der Waals surface area contributed by atoms with Gasteiger partial charge in [-0.1, -0.05) is 71.5 Å². The van der Waals surface area contributed by atoms with Gasteiger partial charge in [-0.2, -0.15) is 0 Å². The minimum Gasteiger partial charge on any atom is -0.493 e. The zero-order valence-electron chi connectivity index (χ0n) is 28.2. The summed E-state index contributed by atoms with van der Waals surface area (Å²) >= 11 is 2.78. The molecule has 0 spiro atoms. The molecule has 2 bridgehead atoms. The molecule has 2 saturated carbocycles. The molecule has 3 heterocycles. The lowest BCUT2D eigenvalue weighted by Gasteiger charge is -2.43. The highest BCUT2D eigenvalue weighted by Gasteiger charge is 2.70. The number of nitrogens with zero attached hydrogens (tertiary/aromatic N) is 2. The van der Waals surface area contributed by atoms with Gasteiger partial charge >= 0.3 is 4.87 Å². The lowest BCUT2D eigenvalue weighted by atomic mass is 9.68. The van der Waals surface area contributed by atoms with Crippen molar-refractivity contribution in [1.82, 2.24) is 4.57 Å². The van der Waals surface area contributed by atoms with E-state index in [4.69, 9.17) is 9.47 Å². The molecule has 11 heteroatoms. The third-order valence-electron chi connectivity index (χ3n) is 11.4. The van der Waals surface area contributed by atoms with Crippen LogP contribution < -0.4 is 24.6 Å². The third kappa shape index (κ3) is 4.88. The molecule has 7 atom stereocenters. The minimum atomic E-state index is -0.418. The lowest BCUT2D eigenvalue weighted by Crippen LogP contribution is -2.43. The average Bonchev–Trinajstić information content (AvgIpc) is 3.86. The van der Waals surface area contributed by atoms with Crippen molar-refractivity contribution in [2.24, 2.45) is 29.6 Å². The van der Waals surface area contributed by atoms with E-state index in [2.05, 4.69) is 5.32 Å². The first-order valence-corrected chi connectivity index (χ1v) is 18.8. The quantitative estimate of drug-likeness (QED) is 0.187. The summed E-state index contributed by atoms with van der Waals surface area (Å²) in [4.78, 5) is 57.9. The molecule has 3 fully saturated rings. The summed E-state index contributed by atoms with van der Waals surface area (Å²) in [5, 5.41) is 5.71. The van der Waals surface area contributed by atoms with E-state index >= 15 is 0 Å². The Morgan fingerprint density at radius 1 is 0.863 bits per heavy atom. The molecule has 9 nitrogen and oxygen atoms in total. The fraction of sp³-hybridized carbons (Fsp3) is 0.300. The molecule has 258 valence electrons. The number of benzene rings is 4. The number of fused-ring (bicyclic) bond motifs is 10. The Bertz CT molecular complexity index is 2310. The topological polar surface area (TPSA) is 107 Å². The number of thiazole rings is 1. The summed E-state index contributed by atoms with van der Waals surface area (Å²) in [5.74, 6) is -0.554. The minimum absolute atomic E-state index is 0.00224. The van der Waals surface area contributed by atoms with Gasteiger partial charge in [0.2, 0.25) is 17.7 Å². The number of carbonyl (C=O) groups is 3. The van der Waals surface area contributed by atoms with Gasteiger partial charge in [0.25, 0.3) is 0 Å². The number of amides is 3. The van der Waals surface area contributed by atoms with Gasteiger partial charge in [0.1, 0.15) is 6.54 Å². The van der Waals surface area contributed by atoms with Gasteiger partial charge in [-0.25, -0.2) is 0 Å². The number of ether oxygens (including phenoxy) is 2. The van der Waals surface area contributed by atoms with Crippen LogP contribution in [-0.4, -0.2) is 41.8 Å². The predicted octanol–water partition coefficient (Wildman–Crippen LogP) is 6.71. The van der Waals surface area contributed by atoms with Crippen molar-refractivity contribution >= 4 is 63.0 Å². The molecule has 9 rings (SSSR count). The maximum atomic E-state index is 14.2. The van der Waals surface area contributed by atoms with Crippen LogP contribution in [0.4, 0.5) is 11.4 Å². The standard InChI is InChI=1S/C40H35N3O6S2/c1-20-11-14-23(15-12-20)43-37(45)33-25-18-26(34(33)38(43)46)35-32(25)31(22-13-16-28(48-2)29(17-22)49-3)36-39(50-35)42(40(47)51-36)19-30(44)41-27-10-6-8-21-7-4-5-9-24(21)27/h4-17,25-26,31-35H,18-19H2,1-3H3,(H,41,44). The Hall–Kier alpha value is -4.87. The summed E-state index contributed by atoms with van der Waals surface area (Å²) in [6.07, 6.45) is 0.765. The van der Waals surface area contributed by atoms with E-state index in [0.29, 0.717) is 22.9 Å². The monoisotopic (exact) mass is 717 g/mol. The summed E-state index contributed by atoms with van der Waals surface area (Å²) in [7, 11) is 3.19. The van der Waals surface area contributed by atoms with Crippen LogP contribution in [0.25, 0.3) is 10.8 Å². The number of thioether (sulfide) groups is 1. The maximum Gasteiger partial charge on any atom is 0.308 e. The van der Waals surface area contributed by atoms with Crippen molar-refractivity contribution in [3.05, 3.63) is 111 Å². The highest BCUT2D eigenvalue weighted by atomic mass is 32.2. The number of aryl methyl sites for hydroxylation is 1. The number of hydrogen-bond donors (Lipinski definition) is 1. The molecule has 51 heavy (non-hydrogen) atoms. The lowest BCUT2D eigenvalue weighted by molar-refractivity contribution is -0.123. The van der Waals surface area contributed by atoms with E-state index in [9.17, 15) is 19.2 Å². The molecular formula is C40H35N3O6S2. The van der Waals surface area contributed by atoms with Gasteiger partial charge in [0, 0.05) is 27.1 Å². The Labute approximate surface area is 302 Å². The molecule has 5 aromatic rings. The molecule has 0 radical (unpaired) electrons. The molecule has 1 saturated heterocycles. The fourth-order valence-corrected chi connectivity index (χ4v) is 12.4. The van der Waals surface area contributed by atoms with Gasteiger partial charge in [0.15, 0.2) is 11.5 Å². The first-order chi connectivity index (χ1) is 24.8. The number of nitrogens with one attached hydrogen (secondary N) is 1. The van der Waals surface area contributed by atoms with Crippen LogP contribution in [0.2, 0.25) is 0 Å². The molecule has 3 amide bonds. The van der Waals surface area contributed by atoms with E-state index in [1.165, 1.54) is 16.2 Å². The number of aromatic nitrogens is 1. The van der Waals surface area contributed by atoms with Crippen molar-refractivity contribution in [2.45, 2.75) is 36.1 Å². The predicted molar refractivity (Wildman–Crippen MR) is 198 cm³/mol. The summed E-state index contributed by atoms with van der Waals surface area (Å²) in [6.45, 7) is 1.84. The van der Waals surface area contributed by atoms with Crippen LogP contribution in [0, 0.1) is 36.5 Å². The van der Waals surface area contributed by atoms with Crippen LogP contribution in [0.5, 0.6) is 11.5 Å². The molecule has 4 aromatic carbocycles. The van der Waals surface area contributed by atoms with Gasteiger partial charge in [-0.15, -0.1) is 11.8 Å².